The number of hydrogen-bond donors (Lipinski definition) is 0. The van der Waals surface area contributed by atoms with Crippen LogP contribution in [-0.4, -0.2) is 0 Å². The van der Waals surface area contributed by atoms with E-state index in [-0.39, 0.29) is 0 Å². The Kier molecular flexibility index (Phi) is 2.97. The maximum absolute atomic E-state index is 2.41. The summed E-state index contributed by atoms with van der Waals surface area (Å²) in [5.74, 6) is 0. The lowest BCUT2D eigenvalue weighted by Crippen LogP contribution is -1.85. The minimum Gasteiger partial charge on any atom is -0.0616 e. The zero-order chi connectivity index (χ0) is 20.8. The Morgan fingerprint density at radius 1 is 0.281 bits per heavy atom. The second-order valence-corrected chi connectivity index (χ2v) is 8.94. The molecule has 0 amide bonds. The molecule has 1 aliphatic carbocycles. The van der Waals surface area contributed by atoms with E-state index >= 15 is 0 Å². The summed E-state index contributed by atoms with van der Waals surface area (Å²) in [6, 6.07) is 40.6. The standard InChI is InChI=1S/C32H18/c1-3-11-24-22(9-1)23-10-2-4-12-25(23)29-16-21-18-31-27-14-6-8-19-7-5-13-26(32(19)27)30(31)17-20(21)15-28(24)29/h1-18H. The zero-order valence-electron chi connectivity index (χ0n) is 17.4. The van der Waals surface area contributed by atoms with Crippen molar-refractivity contribution in [3.05, 3.63) is 109 Å². The van der Waals surface area contributed by atoms with Gasteiger partial charge in [0.1, 0.15) is 0 Å². The Morgan fingerprint density at radius 2 is 0.719 bits per heavy atom. The van der Waals surface area contributed by atoms with E-state index in [4.69, 9.17) is 0 Å². The van der Waals surface area contributed by atoms with Crippen molar-refractivity contribution in [2.45, 2.75) is 0 Å². The van der Waals surface area contributed by atoms with E-state index in [0.717, 1.165) is 0 Å². The Morgan fingerprint density at radius 3 is 1.19 bits per heavy atom. The van der Waals surface area contributed by atoms with Gasteiger partial charge in [-0.2, -0.15) is 0 Å². The Hall–Kier alpha value is -4.16. The van der Waals surface area contributed by atoms with Crippen LogP contribution < -0.4 is 0 Å². The van der Waals surface area contributed by atoms with Crippen LogP contribution in [0.15, 0.2) is 109 Å². The highest BCUT2D eigenvalue weighted by atomic mass is 14.2. The Labute approximate surface area is 185 Å². The first kappa shape index (κ1) is 16.5. The lowest BCUT2D eigenvalue weighted by molar-refractivity contribution is 1.75. The molecule has 1 aliphatic rings. The molecule has 0 bridgehead atoms. The molecule has 0 atom stereocenters. The quantitative estimate of drug-likeness (QED) is 0.175. The maximum Gasteiger partial charge on any atom is -0.00264 e. The molecule has 0 N–H and O–H groups in total. The van der Waals surface area contributed by atoms with Crippen molar-refractivity contribution >= 4 is 53.9 Å². The molecule has 0 nitrogen and oxygen atoms in total. The van der Waals surface area contributed by atoms with E-state index in [1.165, 1.54) is 76.1 Å². The monoisotopic (exact) mass is 402 g/mol. The Bertz CT molecular complexity index is 1780. The molecule has 146 valence electrons. The van der Waals surface area contributed by atoms with Gasteiger partial charge >= 0.3 is 0 Å². The van der Waals surface area contributed by atoms with E-state index in [1.807, 2.05) is 0 Å². The molecule has 0 saturated carbocycles. The van der Waals surface area contributed by atoms with Crippen molar-refractivity contribution in [3.8, 4) is 22.3 Å². The van der Waals surface area contributed by atoms with E-state index in [9.17, 15) is 0 Å². The summed E-state index contributed by atoms with van der Waals surface area (Å²) >= 11 is 0. The highest BCUT2D eigenvalue weighted by molar-refractivity contribution is 6.28. The maximum atomic E-state index is 2.41. The van der Waals surface area contributed by atoms with Gasteiger partial charge in [-0.1, -0.05) is 84.9 Å². The third kappa shape index (κ3) is 1.98. The number of hydrogen-bond acceptors (Lipinski definition) is 0. The number of benzene rings is 7. The highest BCUT2D eigenvalue weighted by Crippen LogP contribution is 2.49. The molecule has 0 aliphatic heterocycles. The molecule has 7 aromatic rings. The summed E-state index contributed by atoms with van der Waals surface area (Å²) < 4.78 is 0. The van der Waals surface area contributed by atoms with E-state index in [1.54, 1.807) is 0 Å². The van der Waals surface area contributed by atoms with Crippen LogP contribution in [0.4, 0.5) is 0 Å². The molecule has 32 heavy (non-hydrogen) atoms. The SMILES string of the molecule is c1cc2c3c(cccc3c1)-c1cc3cc4c5ccccc5c5ccccc5c4cc3cc1-2. The first-order valence-corrected chi connectivity index (χ1v) is 11.2. The van der Waals surface area contributed by atoms with Gasteiger partial charge in [0, 0.05) is 0 Å². The summed E-state index contributed by atoms with van der Waals surface area (Å²) in [4.78, 5) is 0. The second-order valence-electron chi connectivity index (χ2n) is 8.94. The second kappa shape index (κ2) is 5.75. The fraction of sp³-hybridized carbons (Fsp3) is 0. The van der Waals surface area contributed by atoms with E-state index in [0.29, 0.717) is 0 Å². The third-order valence-electron chi connectivity index (χ3n) is 7.32. The molecule has 0 aromatic heterocycles. The van der Waals surface area contributed by atoms with Gasteiger partial charge in [-0.25, -0.2) is 0 Å². The molecule has 0 spiro atoms. The van der Waals surface area contributed by atoms with Gasteiger partial charge in [0.25, 0.3) is 0 Å². The predicted octanol–water partition coefficient (Wildman–Crippen LogP) is 9.10. The topological polar surface area (TPSA) is 0 Å². The molecule has 0 heterocycles. The third-order valence-corrected chi connectivity index (χ3v) is 7.32. The van der Waals surface area contributed by atoms with Crippen LogP contribution in [-0.2, 0) is 0 Å². The summed E-state index contributed by atoms with van der Waals surface area (Å²) in [6.45, 7) is 0. The van der Waals surface area contributed by atoms with Crippen molar-refractivity contribution < 1.29 is 0 Å². The first-order valence-electron chi connectivity index (χ1n) is 11.2. The van der Waals surface area contributed by atoms with Crippen molar-refractivity contribution in [2.24, 2.45) is 0 Å². The fourth-order valence-electron chi connectivity index (χ4n) is 5.94. The molecule has 0 saturated heterocycles. The normalized spacial score (nSPS) is 12.4. The minimum absolute atomic E-state index is 1.31. The lowest BCUT2D eigenvalue weighted by Gasteiger charge is -2.13. The van der Waals surface area contributed by atoms with Crippen molar-refractivity contribution in [1.29, 1.82) is 0 Å². The van der Waals surface area contributed by atoms with Crippen molar-refractivity contribution in [2.75, 3.05) is 0 Å². The van der Waals surface area contributed by atoms with Crippen LogP contribution in [0.3, 0.4) is 0 Å². The van der Waals surface area contributed by atoms with Crippen LogP contribution in [0.1, 0.15) is 0 Å². The molecular weight excluding hydrogens is 384 g/mol. The molecule has 7 aromatic carbocycles. The van der Waals surface area contributed by atoms with E-state index < -0.39 is 0 Å². The minimum atomic E-state index is 1.31. The van der Waals surface area contributed by atoms with Crippen molar-refractivity contribution in [1.82, 2.24) is 0 Å². The summed E-state index contributed by atoms with van der Waals surface area (Å²) in [7, 11) is 0. The molecule has 0 fully saturated rings. The molecule has 0 unspecified atom stereocenters. The molecule has 0 radical (unpaired) electrons. The summed E-state index contributed by atoms with van der Waals surface area (Å²) in [5, 5.41) is 13.3. The average molecular weight is 402 g/mol. The van der Waals surface area contributed by atoms with Gasteiger partial charge in [-0.3, -0.25) is 0 Å². The summed E-state index contributed by atoms with van der Waals surface area (Å²) in [5.41, 5.74) is 5.43. The fourth-order valence-corrected chi connectivity index (χ4v) is 5.94. The van der Waals surface area contributed by atoms with Crippen LogP contribution in [0.25, 0.3) is 76.1 Å². The Balaban J connectivity index is 1.56. The average Bonchev–Trinajstić information content (AvgIpc) is 3.16. The van der Waals surface area contributed by atoms with Crippen LogP contribution in [0, 0.1) is 0 Å². The smallest absolute Gasteiger partial charge is 0.00264 e. The van der Waals surface area contributed by atoms with Crippen LogP contribution in [0.2, 0.25) is 0 Å². The lowest BCUT2D eigenvalue weighted by atomic mass is 9.91. The molecule has 0 heteroatoms. The zero-order valence-corrected chi connectivity index (χ0v) is 17.4. The summed E-state index contributed by atoms with van der Waals surface area (Å²) in [6.07, 6.45) is 0. The number of rotatable bonds is 0. The van der Waals surface area contributed by atoms with Gasteiger partial charge in [0.2, 0.25) is 0 Å². The predicted molar refractivity (Wildman–Crippen MR) is 138 cm³/mol. The van der Waals surface area contributed by atoms with Gasteiger partial charge < -0.3 is 0 Å². The van der Waals surface area contributed by atoms with Gasteiger partial charge in [0.15, 0.2) is 0 Å². The van der Waals surface area contributed by atoms with Gasteiger partial charge in [-0.05, 0) is 100 Å². The van der Waals surface area contributed by atoms with Gasteiger partial charge in [-0.15, -0.1) is 0 Å². The van der Waals surface area contributed by atoms with E-state index in [2.05, 4.69) is 109 Å². The highest BCUT2D eigenvalue weighted by Gasteiger charge is 2.21. The first-order chi connectivity index (χ1) is 15.9. The molecular formula is C32H18. The van der Waals surface area contributed by atoms with Gasteiger partial charge in [0.05, 0.1) is 0 Å². The number of fused-ring (bicyclic) bond motifs is 10. The largest absolute Gasteiger partial charge is 0.0616 e. The van der Waals surface area contributed by atoms with Crippen LogP contribution >= 0.6 is 0 Å². The van der Waals surface area contributed by atoms with Crippen molar-refractivity contribution in [3.63, 3.8) is 0 Å². The van der Waals surface area contributed by atoms with Crippen LogP contribution in [0.5, 0.6) is 0 Å². The molecule has 8 rings (SSSR count).